The van der Waals surface area contributed by atoms with Crippen LogP contribution in [0.5, 0.6) is 5.75 Å². The SMILES string of the molecule is Oc1cc(C(F)(F)F)ccc1C1(O)CCOCC1. The topological polar surface area (TPSA) is 49.7 Å². The van der Waals surface area contributed by atoms with E-state index in [4.69, 9.17) is 4.74 Å². The quantitative estimate of drug-likeness (QED) is 0.817. The fourth-order valence-corrected chi connectivity index (χ4v) is 2.08. The molecule has 0 atom stereocenters. The van der Waals surface area contributed by atoms with Crippen LogP contribution in [-0.2, 0) is 16.5 Å². The van der Waals surface area contributed by atoms with Crippen molar-refractivity contribution in [3.63, 3.8) is 0 Å². The van der Waals surface area contributed by atoms with Crippen LogP contribution >= 0.6 is 0 Å². The van der Waals surface area contributed by atoms with Gasteiger partial charge in [0.15, 0.2) is 0 Å². The molecular formula is C12H13F3O3. The van der Waals surface area contributed by atoms with Crippen molar-refractivity contribution in [2.24, 2.45) is 0 Å². The van der Waals surface area contributed by atoms with E-state index in [1.165, 1.54) is 0 Å². The van der Waals surface area contributed by atoms with Crippen LogP contribution in [-0.4, -0.2) is 23.4 Å². The lowest BCUT2D eigenvalue weighted by Gasteiger charge is -2.33. The molecule has 1 aliphatic rings. The summed E-state index contributed by atoms with van der Waals surface area (Å²) in [6, 6.07) is 2.63. The standard InChI is InChI=1S/C12H13F3O3/c13-12(14,15)8-1-2-9(10(16)7-8)11(17)3-5-18-6-4-11/h1-2,7,16-17H,3-6H2. The Hall–Kier alpha value is -1.27. The molecular weight excluding hydrogens is 249 g/mol. The number of hydrogen-bond acceptors (Lipinski definition) is 3. The van der Waals surface area contributed by atoms with Crippen LogP contribution in [0.2, 0.25) is 0 Å². The summed E-state index contributed by atoms with van der Waals surface area (Å²) in [6.07, 6.45) is -3.99. The van der Waals surface area contributed by atoms with Crippen LogP contribution in [0, 0.1) is 0 Å². The van der Waals surface area contributed by atoms with Crippen LogP contribution in [0.1, 0.15) is 24.0 Å². The van der Waals surface area contributed by atoms with Crippen molar-refractivity contribution in [3.8, 4) is 5.75 Å². The Morgan fingerprint density at radius 3 is 2.28 bits per heavy atom. The first-order valence-electron chi connectivity index (χ1n) is 5.54. The molecule has 0 unspecified atom stereocenters. The molecule has 0 amide bonds. The third-order valence-electron chi connectivity index (χ3n) is 3.15. The van der Waals surface area contributed by atoms with E-state index < -0.39 is 23.1 Å². The Morgan fingerprint density at radius 2 is 1.78 bits per heavy atom. The zero-order valence-electron chi connectivity index (χ0n) is 9.50. The molecule has 1 saturated heterocycles. The van der Waals surface area contributed by atoms with E-state index in [9.17, 15) is 23.4 Å². The maximum atomic E-state index is 12.4. The third kappa shape index (κ3) is 2.44. The average molecular weight is 262 g/mol. The second-order valence-corrected chi connectivity index (χ2v) is 4.37. The molecule has 2 rings (SSSR count). The lowest BCUT2D eigenvalue weighted by atomic mass is 9.85. The number of ether oxygens (including phenoxy) is 1. The zero-order valence-corrected chi connectivity index (χ0v) is 9.50. The van der Waals surface area contributed by atoms with Crippen molar-refractivity contribution in [1.82, 2.24) is 0 Å². The first-order chi connectivity index (χ1) is 8.33. The van der Waals surface area contributed by atoms with E-state index >= 15 is 0 Å². The van der Waals surface area contributed by atoms with Crippen LogP contribution in [0.3, 0.4) is 0 Å². The minimum Gasteiger partial charge on any atom is -0.508 e. The molecule has 0 radical (unpaired) electrons. The zero-order chi connectivity index (χ0) is 13.4. The molecule has 18 heavy (non-hydrogen) atoms. The number of phenolic OH excluding ortho intramolecular Hbond substituents is 1. The predicted molar refractivity (Wildman–Crippen MR) is 57.1 cm³/mol. The van der Waals surface area contributed by atoms with Gasteiger partial charge >= 0.3 is 6.18 Å². The van der Waals surface area contributed by atoms with Gasteiger partial charge in [0.25, 0.3) is 0 Å². The first kappa shape index (κ1) is 13.2. The molecule has 1 heterocycles. The number of alkyl halides is 3. The second kappa shape index (κ2) is 4.44. The Labute approximate surface area is 102 Å². The summed E-state index contributed by atoms with van der Waals surface area (Å²) in [5.74, 6) is -0.533. The smallest absolute Gasteiger partial charge is 0.416 e. The molecule has 2 N–H and O–H groups in total. The number of phenols is 1. The van der Waals surface area contributed by atoms with E-state index in [-0.39, 0.29) is 18.4 Å². The fraction of sp³-hybridized carbons (Fsp3) is 0.500. The van der Waals surface area contributed by atoms with Crippen LogP contribution < -0.4 is 0 Å². The van der Waals surface area contributed by atoms with Gasteiger partial charge in [-0.15, -0.1) is 0 Å². The molecule has 1 aromatic rings. The van der Waals surface area contributed by atoms with Gasteiger partial charge in [-0.05, 0) is 12.1 Å². The van der Waals surface area contributed by atoms with Gasteiger partial charge in [0, 0.05) is 31.6 Å². The third-order valence-corrected chi connectivity index (χ3v) is 3.15. The molecule has 1 aromatic carbocycles. The Balaban J connectivity index is 2.35. The van der Waals surface area contributed by atoms with Crippen molar-refractivity contribution in [2.45, 2.75) is 24.6 Å². The van der Waals surface area contributed by atoms with Crippen LogP contribution in [0.25, 0.3) is 0 Å². The lowest BCUT2D eigenvalue weighted by molar-refractivity contribution is -0.137. The molecule has 3 nitrogen and oxygen atoms in total. The summed E-state index contributed by atoms with van der Waals surface area (Å²) in [4.78, 5) is 0. The van der Waals surface area contributed by atoms with Gasteiger partial charge in [0.1, 0.15) is 5.75 Å². The van der Waals surface area contributed by atoms with E-state index in [1.807, 2.05) is 0 Å². The number of aromatic hydroxyl groups is 1. The molecule has 1 aliphatic heterocycles. The minimum absolute atomic E-state index is 0.124. The van der Waals surface area contributed by atoms with Gasteiger partial charge in [-0.2, -0.15) is 13.2 Å². The highest BCUT2D eigenvalue weighted by Crippen LogP contribution is 2.40. The summed E-state index contributed by atoms with van der Waals surface area (Å²) in [5.41, 5.74) is -2.12. The number of aliphatic hydroxyl groups is 1. The molecule has 100 valence electrons. The molecule has 6 heteroatoms. The molecule has 0 aliphatic carbocycles. The van der Waals surface area contributed by atoms with Gasteiger partial charge < -0.3 is 14.9 Å². The first-order valence-corrected chi connectivity index (χ1v) is 5.54. The molecule has 1 fully saturated rings. The molecule has 0 spiro atoms. The van der Waals surface area contributed by atoms with Crippen molar-refractivity contribution in [2.75, 3.05) is 13.2 Å². The average Bonchev–Trinajstić information content (AvgIpc) is 2.28. The molecule has 0 aromatic heterocycles. The highest BCUT2D eigenvalue weighted by molar-refractivity contribution is 5.41. The van der Waals surface area contributed by atoms with Gasteiger partial charge in [0.2, 0.25) is 0 Å². The van der Waals surface area contributed by atoms with Crippen molar-refractivity contribution in [1.29, 1.82) is 0 Å². The van der Waals surface area contributed by atoms with Crippen molar-refractivity contribution >= 4 is 0 Å². The monoisotopic (exact) mass is 262 g/mol. The minimum atomic E-state index is -4.51. The van der Waals surface area contributed by atoms with Crippen LogP contribution in [0.15, 0.2) is 18.2 Å². The predicted octanol–water partition coefficient (Wildman–Crippen LogP) is 2.41. The van der Waals surface area contributed by atoms with Gasteiger partial charge in [-0.3, -0.25) is 0 Å². The van der Waals surface area contributed by atoms with Crippen molar-refractivity contribution in [3.05, 3.63) is 29.3 Å². The largest absolute Gasteiger partial charge is 0.508 e. The number of hydrogen-bond donors (Lipinski definition) is 2. The number of benzene rings is 1. The summed E-state index contributed by atoms with van der Waals surface area (Å²) in [5, 5.41) is 20.0. The number of rotatable bonds is 1. The summed E-state index contributed by atoms with van der Waals surface area (Å²) < 4.78 is 42.4. The Bertz CT molecular complexity index is 437. The van der Waals surface area contributed by atoms with Gasteiger partial charge in [-0.1, -0.05) is 6.07 Å². The van der Waals surface area contributed by atoms with Gasteiger partial charge in [-0.25, -0.2) is 0 Å². The van der Waals surface area contributed by atoms with Crippen molar-refractivity contribution < 1.29 is 28.1 Å². The van der Waals surface area contributed by atoms with E-state index in [0.29, 0.717) is 19.3 Å². The Kier molecular flexibility index (Phi) is 3.25. The summed E-state index contributed by atoms with van der Waals surface area (Å²) >= 11 is 0. The van der Waals surface area contributed by atoms with E-state index in [0.717, 1.165) is 12.1 Å². The van der Waals surface area contributed by atoms with Crippen LogP contribution in [0.4, 0.5) is 13.2 Å². The van der Waals surface area contributed by atoms with E-state index in [1.54, 1.807) is 0 Å². The Morgan fingerprint density at radius 1 is 1.17 bits per heavy atom. The fourth-order valence-electron chi connectivity index (χ4n) is 2.08. The second-order valence-electron chi connectivity index (χ2n) is 4.37. The maximum absolute atomic E-state index is 12.4. The molecule has 0 saturated carbocycles. The lowest BCUT2D eigenvalue weighted by Crippen LogP contribution is -2.33. The summed E-state index contributed by atoms with van der Waals surface area (Å²) in [6.45, 7) is 0.633. The maximum Gasteiger partial charge on any atom is 0.416 e. The normalized spacial score (nSPS) is 19.8. The highest BCUT2D eigenvalue weighted by Gasteiger charge is 2.36. The molecule has 0 bridgehead atoms. The highest BCUT2D eigenvalue weighted by atomic mass is 19.4. The van der Waals surface area contributed by atoms with E-state index in [2.05, 4.69) is 0 Å². The summed E-state index contributed by atoms with van der Waals surface area (Å²) in [7, 11) is 0. The number of halogens is 3. The van der Waals surface area contributed by atoms with Gasteiger partial charge in [0.05, 0.1) is 11.2 Å².